The molecule has 1 N–H and O–H groups in total. The third-order valence-corrected chi connectivity index (χ3v) is 3.73. The van der Waals surface area contributed by atoms with Crippen molar-refractivity contribution in [2.24, 2.45) is 0 Å². The summed E-state index contributed by atoms with van der Waals surface area (Å²) in [5.74, 6) is 0.130. The average molecular weight is 297 g/mol. The molecular formula is C17H15NO4. The quantitative estimate of drug-likeness (QED) is 0.750. The van der Waals surface area contributed by atoms with Crippen LogP contribution in [0.3, 0.4) is 0 Å². The SMILES string of the molecule is COc1ccc2c(C(=O)O)c3c(OC)ccc(C)c3nc2c1. The zero-order valence-electron chi connectivity index (χ0n) is 12.5. The van der Waals surface area contributed by atoms with Gasteiger partial charge in [-0.3, -0.25) is 0 Å². The van der Waals surface area contributed by atoms with Crippen molar-refractivity contribution in [1.82, 2.24) is 4.98 Å². The highest BCUT2D eigenvalue weighted by Gasteiger charge is 2.20. The second-order valence-electron chi connectivity index (χ2n) is 4.98. The van der Waals surface area contributed by atoms with E-state index >= 15 is 0 Å². The maximum Gasteiger partial charge on any atom is 0.337 e. The van der Waals surface area contributed by atoms with E-state index in [0.717, 1.165) is 5.56 Å². The Labute approximate surface area is 127 Å². The summed E-state index contributed by atoms with van der Waals surface area (Å²) in [5.41, 5.74) is 2.30. The molecule has 3 aromatic rings. The van der Waals surface area contributed by atoms with Crippen molar-refractivity contribution in [3.8, 4) is 11.5 Å². The Balaban J connectivity index is 2.57. The highest BCUT2D eigenvalue weighted by molar-refractivity contribution is 6.16. The molecule has 0 aliphatic rings. The van der Waals surface area contributed by atoms with Crippen molar-refractivity contribution < 1.29 is 19.4 Å². The second kappa shape index (κ2) is 5.18. The first-order chi connectivity index (χ1) is 10.6. The second-order valence-corrected chi connectivity index (χ2v) is 4.98. The Hall–Kier alpha value is -2.82. The van der Waals surface area contributed by atoms with E-state index in [1.54, 1.807) is 31.4 Å². The number of nitrogens with zero attached hydrogens (tertiary/aromatic N) is 1. The van der Waals surface area contributed by atoms with Crippen LogP contribution < -0.4 is 9.47 Å². The zero-order chi connectivity index (χ0) is 15.9. The van der Waals surface area contributed by atoms with E-state index in [1.165, 1.54) is 7.11 Å². The molecule has 1 aromatic heterocycles. The van der Waals surface area contributed by atoms with Gasteiger partial charge in [0.2, 0.25) is 0 Å². The molecule has 0 spiro atoms. The first kappa shape index (κ1) is 14.1. The van der Waals surface area contributed by atoms with E-state index in [2.05, 4.69) is 4.98 Å². The molecule has 0 saturated heterocycles. The summed E-state index contributed by atoms with van der Waals surface area (Å²) in [6.45, 7) is 1.90. The van der Waals surface area contributed by atoms with Crippen LogP contribution in [0, 0.1) is 6.92 Å². The molecule has 0 aliphatic heterocycles. The van der Waals surface area contributed by atoms with Crippen molar-refractivity contribution in [2.45, 2.75) is 6.92 Å². The number of carboxylic acid groups (broad SMARTS) is 1. The lowest BCUT2D eigenvalue weighted by atomic mass is 9.99. The third kappa shape index (κ3) is 2.02. The van der Waals surface area contributed by atoms with Gasteiger partial charge in [0.1, 0.15) is 11.5 Å². The molecule has 0 radical (unpaired) electrons. The Kier molecular flexibility index (Phi) is 3.33. The van der Waals surface area contributed by atoms with E-state index in [-0.39, 0.29) is 5.56 Å². The number of pyridine rings is 1. The van der Waals surface area contributed by atoms with Crippen LogP contribution >= 0.6 is 0 Å². The van der Waals surface area contributed by atoms with Crippen LogP contribution in [-0.4, -0.2) is 30.3 Å². The summed E-state index contributed by atoms with van der Waals surface area (Å²) < 4.78 is 10.5. The molecule has 1 heterocycles. The molecule has 2 aromatic carbocycles. The fourth-order valence-electron chi connectivity index (χ4n) is 2.65. The number of aromatic nitrogens is 1. The summed E-state index contributed by atoms with van der Waals surface area (Å²) in [4.78, 5) is 16.5. The van der Waals surface area contributed by atoms with Crippen molar-refractivity contribution in [1.29, 1.82) is 0 Å². The number of carboxylic acids is 1. The monoisotopic (exact) mass is 297 g/mol. The van der Waals surface area contributed by atoms with Gasteiger partial charge in [0.25, 0.3) is 0 Å². The molecule has 0 unspecified atom stereocenters. The molecule has 5 nitrogen and oxygen atoms in total. The number of carbonyl (C=O) groups is 1. The van der Waals surface area contributed by atoms with Gasteiger partial charge >= 0.3 is 5.97 Å². The number of rotatable bonds is 3. The van der Waals surface area contributed by atoms with Gasteiger partial charge in [-0.1, -0.05) is 6.07 Å². The van der Waals surface area contributed by atoms with Crippen LogP contribution in [0.4, 0.5) is 0 Å². The summed E-state index contributed by atoms with van der Waals surface area (Å²) in [5, 5.41) is 10.8. The minimum Gasteiger partial charge on any atom is -0.497 e. The van der Waals surface area contributed by atoms with Gasteiger partial charge in [0.15, 0.2) is 0 Å². The minimum absolute atomic E-state index is 0.197. The lowest BCUT2D eigenvalue weighted by Gasteiger charge is -2.13. The molecule has 0 bridgehead atoms. The van der Waals surface area contributed by atoms with Gasteiger partial charge in [-0.05, 0) is 30.7 Å². The summed E-state index contributed by atoms with van der Waals surface area (Å²) in [6.07, 6.45) is 0. The number of aromatic carboxylic acids is 1. The molecule has 0 fully saturated rings. The highest BCUT2D eigenvalue weighted by atomic mass is 16.5. The number of ether oxygens (including phenoxy) is 2. The van der Waals surface area contributed by atoms with E-state index in [0.29, 0.717) is 33.3 Å². The number of methoxy groups -OCH3 is 2. The Morgan fingerprint density at radius 2 is 1.91 bits per heavy atom. The third-order valence-electron chi connectivity index (χ3n) is 3.73. The molecule has 3 rings (SSSR count). The lowest BCUT2D eigenvalue weighted by molar-refractivity contribution is 0.0701. The number of fused-ring (bicyclic) bond motifs is 2. The van der Waals surface area contributed by atoms with Crippen LogP contribution in [0.25, 0.3) is 21.8 Å². The van der Waals surface area contributed by atoms with E-state index in [9.17, 15) is 9.90 Å². The van der Waals surface area contributed by atoms with Crippen LogP contribution in [0.2, 0.25) is 0 Å². The number of benzene rings is 2. The minimum atomic E-state index is -1.01. The van der Waals surface area contributed by atoms with Gasteiger partial charge < -0.3 is 14.6 Å². The van der Waals surface area contributed by atoms with Crippen molar-refractivity contribution in [2.75, 3.05) is 14.2 Å². The Bertz CT molecular complexity index is 902. The standard InChI is InChI=1S/C17H15NO4/c1-9-4-7-13(22-3)15-14(17(19)20)11-6-5-10(21-2)8-12(11)18-16(9)15/h4-8H,1-3H3,(H,19,20). The van der Waals surface area contributed by atoms with Crippen molar-refractivity contribution in [3.63, 3.8) is 0 Å². The maximum atomic E-state index is 11.8. The largest absolute Gasteiger partial charge is 0.497 e. The number of hydrogen-bond donors (Lipinski definition) is 1. The Morgan fingerprint density at radius 1 is 1.14 bits per heavy atom. The zero-order valence-corrected chi connectivity index (χ0v) is 12.5. The van der Waals surface area contributed by atoms with Gasteiger partial charge in [-0.2, -0.15) is 0 Å². The van der Waals surface area contributed by atoms with Crippen LogP contribution in [0.15, 0.2) is 30.3 Å². The van der Waals surface area contributed by atoms with Crippen LogP contribution in [0.1, 0.15) is 15.9 Å². The van der Waals surface area contributed by atoms with Crippen LogP contribution in [-0.2, 0) is 0 Å². The molecule has 0 saturated carbocycles. The molecular weight excluding hydrogens is 282 g/mol. The first-order valence-electron chi connectivity index (χ1n) is 6.75. The Morgan fingerprint density at radius 3 is 2.55 bits per heavy atom. The van der Waals surface area contributed by atoms with Gasteiger partial charge in [0, 0.05) is 11.5 Å². The summed E-state index contributed by atoms with van der Waals surface area (Å²) in [6, 6.07) is 8.81. The topological polar surface area (TPSA) is 68.7 Å². The molecule has 0 atom stereocenters. The number of hydrogen-bond acceptors (Lipinski definition) is 4. The molecule has 22 heavy (non-hydrogen) atoms. The van der Waals surface area contributed by atoms with Crippen molar-refractivity contribution >= 4 is 27.8 Å². The van der Waals surface area contributed by atoms with Gasteiger partial charge in [-0.25, -0.2) is 9.78 Å². The number of aryl methyl sites for hydroxylation is 1. The van der Waals surface area contributed by atoms with Crippen LogP contribution in [0.5, 0.6) is 11.5 Å². The van der Waals surface area contributed by atoms with Gasteiger partial charge in [-0.15, -0.1) is 0 Å². The fourth-order valence-corrected chi connectivity index (χ4v) is 2.65. The van der Waals surface area contributed by atoms with Gasteiger partial charge in [0.05, 0.1) is 36.2 Å². The normalized spacial score (nSPS) is 10.9. The predicted molar refractivity (Wildman–Crippen MR) is 84.0 cm³/mol. The molecule has 5 heteroatoms. The maximum absolute atomic E-state index is 11.8. The van der Waals surface area contributed by atoms with E-state index < -0.39 is 5.97 Å². The first-order valence-corrected chi connectivity index (χ1v) is 6.75. The molecule has 112 valence electrons. The van der Waals surface area contributed by atoms with E-state index in [4.69, 9.17) is 9.47 Å². The smallest absolute Gasteiger partial charge is 0.337 e. The summed E-state index contributed by atoms with van der Waals surface area (Å²) >= 11 is 0. The average Bonchev–Trinajstić information content (AvgIpc) is 2.52. The van der Waals surface area contributed by atoms with Crippen molar-refractivity contribution in [3.05, 3.63) is 41.5 Å². The summed E-state index contributed by atoms with van der Waals surface area (Å²) in [7, 11) is 3.09. The molecule has 0 aliphatic carbocycles. The van der Waals surface area contributed by atoms with E-state index in [1.807, 2.05) is 13.0 Å². The lowest BCUT2D eigenvalue weighted by Crippen LogP contribution is -2.03. The highest BCUT2D eigenvalue weighted by Crippen LogP contribution is 2.35. The predicted octanol–water partition coefficient (Wildman–Crippen LogP) is 3.41. The fraction of sp³-hybridized carbons (Fsp3) is 0.176. The molecule has 0 amide bonds.